The lowest BCUT2D eigenvalue weighted by Crippen LogP contribution is -2.40. The summed E-state index contributed by atoms with van der Waals surface area (Å²) in [7, 11) is 0. The summed E-state index contributed by atoms with van der Waals surface area (Å²) in [4.78, 5) is 11.7. The average molecular weight is 248 g/mol. The van der Waals surface area contributed by atoms with Gasteiger partial charge in [0.2, 0.25) is 0 Å². The summed E-state index contributed by atoms with van der Waals surface area (Å²) >= 11 is 0. The summed E-state index contributed by atoms with van der Waals surface area (Å²) < 4.78 is 0. The molecule has 0 radical (unpaired) electrons. The highest BCUT2D eigenvalue weighted by Crippen LogP contribution is 2.23. The van der Waals surface area contributed by atoms with Crippen LogP contribution in [0.2, 0.25) is 0 Å². The molecule has 0 atom stereocenters. The van der Waals surface area contributed by atoms with Crippen molar-refractivity contribution in [3.05, 3.63) is 17.1 Å². The lowest BCUT2D eigenvalue weighted by Gasteiger charge is -2.32. The van der Waals surface area contributed by atoms with Crippen LogP contribution in [0.1, 0.15) is 43.8 Å². The van der Waals surface area contributed by atoms with Crippen LogP contribution >= 0.6 is 0 Å². The summed E-state index contributed by atoms with van der Waals surface area (Å²) in [5.41, 5.74) is 8.39. The Kier molecular flexibility index (Phi) is 4.17. The van der Waals surface area contributed by atoms with Crippen molar-refractivity contribution in [1.82, 2.24) is 9.97 Å². The van der Waals surface area contributed by atoms with E-state index in [1.54, 1.807) is 0 Å². The first kappa shape index (κ1) is 13.3. The molecule has 1 aromatic heterocycles. The fourth-order valence-electron chi connectivity index (χ4n) is 2.52. The zero-order valence-electron chi connectivity index (χ0n) is 11.7. The van der Waals surface area contributed by atoms with E-state index in [0.717, 1.165) is 50.4 Å². The van der Waals surface area contributed by atoms with E-state index < -0.39 is 0 Å². The van der Waals surface area contributed by atoms with Gasteiger partial charge in [-0.3, -0.25) is 0 Å². The Hall–Kier alpha value is -1.16. The van der Waals surface area contributed by atoms with E-state index in [9.17, 15) is 0 Å². The zero-order valence-corrected chi connectivity index (χ0v) is 11.7. The Morgan fingerprint density at radius 3 is 2.39 bits per heavy atom. The Balaban J connectivity index is 2.31. The van der Waals surface area contributed by atoms with Gasteiger partial charge in [-0.2, -0.15) is 0 Å². The first-order chi connectivity index (χ1) is 8.65. The van der Waals surface area contributed by atoms with Gasteiger partial charge in [-0.15, -0.1) is 0 Å². The number of anilines is 1. The van der Waals surface area contributed by atoms with Crippen LogP contribution in [0.4, 0.5) is 5.82 Å². The van der Waals surface area contributed by atoms with Crippen LogP contribution < -0.4 is 10.6 Å². The third-order valence-electron chi connectivity index (χ3n) is 3.76. The van der Waals surface area contributed by atoms with Crippen molar-refractivity contribution in [3.63, 3.8) is 0 Å². The number of hydrogen-bond donors (Lipinski definition) is 1. The third kappa shape index (κ3) is 2.64. The second-order valence-corrected chi connectivity index (χ2v) is 5.07. The van der Waals surface area contributed by atoms with E-state index in [2.05, 4.69) is 30.7 Å². The van der Waals surface area contributed by atoms with Crippen LogP contribution in [0.3, 0.4) is 0 Å². The second kappa shape index (κ2) is 5.65. The summed E-state index contributed by atoms with van der Waals surface area (Å²) in [5, 5.41) is 0. The maximum absolute atomic E-state index is 5.97. The van der Waals surface area contributed by atoms with E-state index in [4.69, 9.17) is 10.7 Å². The molecule has 1 aromatic rings. The molecule has 0 saturated carbocycles. The molecule has 4 nitrogen and oxygen atoms in total. The Bertz CT molecular complexity index is 409. The molecule has 2 heterocycles. The van der Waals surface area contributed by atoms with Gasteiger partial charge in [0.25, 0.3) is 0 Å². The molecule has 2 N–H and O–H groups in total. The molecule has 2 rings (SSSR count). The highest BCUT2D eigenvalue weighted by atomic mass is 15.2. The van der Waals surface area contributed by atoms with E-state index in [1.165, 1.54) is 11.3 Å². The first-order valence-corrected chi connectivity index (χ1v) is 7.02. The zero-order chi connectivity index (χ0) is 13.1. The van der Waals surface area contributed by atoms with Gasteiger partial charge >= 0.3 is 0 Å². The number of piperidine rings is 1. The highest BCUT2D eigenvalue weighted by Gasteiger charge is 2.20. The number of nitrogens with zero attached hydrogens (tertiary/aromatic N) is 3. The lowest BCUT2D eigenvalue weighted by atomic mass is 10.1. The van der Waals surface area contributed by atoms with Crippen molar-refractivity contribution in [3.8, 4) is 0 Å². The van der Waals surface area contributed by atoms with Gasteiger partial charge in [-0.05, 0) is 26.2 Å². The van der Waals surface area contributed by atoms with Crippen LogP contribution in [0.5, 0.6) is 0 Å². The van der Waals surface area contributed by atoms with Gasteiger partial charge in [0, 0.05) is 36.8 Å². The molecule has 1 saturated heterocycles. The van der Waals surface area contributed by atoms with Crippen molar-refractivity contribution < 1.29 is 0 Å². The van der Waals surface area contributed by atoms with Crippen LogP contribution in [0.25, 0.3) is 0 Å². The van der Waals surface area contributed by atoms with Gasteiger partial charge in [0.15, 0.2) is 0 Å². The van der Waals surface area contributed by atoms with Crippen molar-refractivity contribution in [2.24, 2.45) is 5.73 Å². The van der Waals surface area contributed by atoms with Crippen molar-refractivity contribution in [2.45, 2.75) is 52.5 Å². The summed E-state index contributed by atoms with van der Waals surface area (Å²) in [6.07, 6.45) is 3.99. The second-order valence-electron chi connectivity index (χ2n) is 5.07. The molecule has 0 aromatic carbocycles. The molecule has 0 aliphatic carbocycles. The molecule has 100 valence electrons. The average Bonchev–Trinajstić information content (AvgIpc) is 2.40. The molecular formula is C14H24N4. The molecule has 0 amide bonds. The minimum absolute atomic E-state index is 0.361. The minimum atomic E-state index is 0.361. The number of rotatable bonds is 3. The normalized spacial score (nSPS) is 17.2. The van der Waals surface area contributed by atoms with E-state index in [0.29, 0.717) is 6.04 Å². The SMILES string of the molecule is CCc1nc(CC)c(C)c(N2CCC(N)CC2)n1. The van der Waals surface area contributed by atoms with Crippen LogP contribution in [0, 0.1) is 6.92 Å². The number of aromatic nitrogens is 2. The van der Waals surface area contributed by atoms with Crippen molar-refractivity contribution in [1.29, 1.82) is 0 Å². The molecule has 1 aliphatic heterocycles. The van der Waals surface area contributed by atoms with Gasteiger partial charge in [0.1, 0.15) is 11.6 Å². The molecule has 1 aliphatic rings. The standard InChI is InChI=1S/C14H24N4/c1-4-12-10(3)14(17-13(5-2)16-12)18-8-6-11(15)7-9-18/h11H,4-9,15H2,1-3H3. The van der Waals surface area contributed by atoms with Gasteiger partial charge < -0.3 is 10.6 Å². The molecule has 18 heavy (non-hydrogen) atoms. The molecule has 0 bridgehead atoms. The minimum Gasteiger partial charge on any atom is -0.356 e. The highest BCUT2D eigenvalue weighted by molar-refractivity contribution is 5.49. The van der Waals surface area contributed by atoms with E-state index >= 15 is 0 Å². The fraction of sp³-hybridized carbons (Fsp3) is 0.714. The molecule has 1 fully saturated rings. The monoisotopic (exact) mass is 248 g/mol. The van der Waals surface area contributed by atoms with Gasteiger partial charge in [-0.25, -0.2) is 9.97 Å². The largest absolute Gasteiger partial charge is 0.356 e. The predicted molar refractivity (Wildman–Crippen MR) is 74.9 cm³/mol. The Labute approximate surface area is 110 Å². The number of nitrogens with two attached hydrogens (primary N) is 1. The molecule has 0 unspecified atom stereocenters. The molecule has 0 spiro atoms. The number of aryl methyl sites for hydroxylation is 2. The predicted octanol–water partition coefficient (Wildman–Crippen LogP) is 1.84. The fourth-order valence-corrected chi connectivity index (χ4v) is 2.52. The maximum Gasteiger partial charge on any atom is 0.135 e. The molecular weight excluding hydrogens is 224 g/mol. The summed E-state index contributed by atoms with van der Waals surface area (Å²) in [5.74, 6) is 2.09. The topological polar surface area (TPSA) is 55.0 Å². The van der Waals surface area contributed by atoms with Crippen molar-refractivity contribution in [2.75, 3.05) is 18.0 Å². The quantitative estimate of drug-likeness (QED) is 0.886. The summed E-state index contributed by atoms with van der Waals surface area (Å²) in [6.45, 7) is 8.45. The Morgan fingerprint density at radius 2 is 1.83 bits per heavy atom. The van der Waals surface area contributed by atoms with Crippen molar-refractivity contribution >= 4 is 5.82 Å². The maximum atomic E-state index is 5.97. The van der Waals surface area contributed by atoms with Crippen LogP contribution in [-0.2, 0) is 12.8 Å². The van der Waals surface area contributed by atoms with Crippen LogP contribution in [0.15, 0.2) is 0 Å². The smallest absolute Gasteiger partial charge is 0.135 e. The molecule has 4 heteroatoms. The van der Waals surface area contributed by atoms with E-state index in [-0.39, 0.29) is 0 Å². The Morgan fingerprint density at radius 1 is 1.17 bits per heavy atom. The van der Waals surface area contributed by atoms with Gasteiger partial charge in [0.05, 0.1) is 0 Å². The van der Waals surface area contributed by atoms with E-state index in [1.807, 2.05) is 0 Å². The van der Waals surface area contributed by atoms with Gasteiger partial charge in [-0.1, -0.05) is 13.8 Å². The number of hydrogen-bond acceptors (Lipinski definition) is 4. The first-order valence-electron chi connectivity index (χ1n) is 7.02. The van der Waals surface area contributed by atoms with Crippen LogP contribution in [-0.4, -0.2) is 29.1 Å². The third-order valence-corrected chi connectivity index (χ3v) is 3.76. The lowest BCUT2D eigenvalue weighted by molar-refractivity contribution is 0.497. The summed E-state index contributed by atoms with van der Waals surface area (Å²) in [6, 6.07) is 0.361.